The van der Waals surface area contributed by atoms with Gasteiger partial charge in [-0.15, -0.1) is 0 Å². The number of carbonyl (C=O) groups is 1. The van der Waals surface area contributed by atoms with Crippen LogP contribution in [0.1, 0.15) is 25.3 Å². The largest absolute Gasteiger partial charge is 0.416 e. The van der Waals surface area contributed by atoms with Crippen molar-refractivity contribution in [1.29, 1.82) is 0 Å². The van der Waals surface area contributed by atoms with E-state index in [-0.39, 0.29) is 23.3 Å². The molecule has 0 spiro atoms. The first-order valence-corrected chi connectivity index (χ1v) is 6.69. The molecule has 21 heavy (non-hydrogen) atoms. The van der Waals surface area contributed by atoms with E-state index >= 15 is 0 Å². The van der Waals surface area contributed by atoms with Crippen molar-refractivity contribution >= 4 is 17.3 Å². The Hall–Kier alpha value is -1.76. The first-order valence-electron chi connectivity index (χ1n) is 6.69. The van der Waals surface area contributed by atoms with Gasteiger partial charge in [0.05, 0.1) is 23.0 Å². The Labute approximate surface area is 121 Å². The third-order valence-corrected chi connectivity index (χ3v) is 3.75. The molecule has 4 nitrogen and oxygen atoms in total. The predicted octanol–water partition coefficient (Wildman–Crippen LogP) is 2.71. The van der Waals surface area contributed by atoms with Gasteiger partial charge in [0.15, 0.2) is 0 Å². The van der Waals surface area contributed by atoms with Gasteiger partial charge < -0.3 is 11.1 Å². The van der Waals surface area contributed by atoms with E-state index in [9.17, 15) is 18.0 Å². The first-order chi connectivity index (χ1) is 9.70. The Morgan fingerprint density at radius 3 is 2.52 bits per heavy atom. The van der Waals surface area contributed by atoms with Gasteiger partial charge >= 0.3 is 6.18 Å². The van der Waals surface area contributed by atoms with E-state index < -0.39 is 11.7 Å². The lowest BCUT2D eigenvalue weighted by molar-refractivity contribution is -0.137. The van der Waals surface area contributed by atoms with Gasteiger partial charge in [-0.25, -0.2) is 0 Å². The number of alkyl halides is 3. The third kappa shape index (κ3) is 3.66. The van der Waals surface area contributed by atoms with Crippen LogP contribution in [0.25, 0.3) is 0 Å². The average molecular weight is 301 g/mol. The zero-order valence-corrected chi connectivity index (χ0v) is 11.9. The lowest BCUT2D eigenvalue weighted by atomic mass is 10.1. The van der Waals surface area contributed by atoms with E-state index in [1.807, 2.05) is 11.9 Å². The highest BCUT2D eigenvalue weighted by Crippen LogP contribution is 2.33. The maximum atomic E-state index is 12.5. The number of rotatable bonds is 4. The summed E-state index contributed by atoms with van der Waals surface area (Å²) in [6.07, 6.45) is -2.32. The maximum absolute atomic E-state index is 12.5. The first kappa shape index (κ1) is 15.6. The van der Waals surface area contributed by atoms with Crippen molar-refractivity contribution in [3.63, 3.8) is 0 Å². The van der Waals surface area contributed by atoms with E-state index in [0.717, 1.165) is 25.0 Å². The van der Waals surface area contributed by atoms with Crippen molar-refractivity contribution in [2.24, 2.45) is 0 Å². The lowest BCUT2D eigenvalue weighted by Gasteiger charge is -2.23. The zero-order chi connectivity index (χ0) is 15.8. The highest BCUT2D eigenvalue weighted by atomic mass is 19.4. The van der Waals surface area contributed by atoms with E-state index in [1.165, 1.54) is 6.07 Å². The Balaban J connectivity index is 2.07. The molecular weight excluding hydrogens is 283 g/mol. The number of nitrogen functional groups attached to an aromatic ring is 1. The molecule has 0 heterocycles. The molecule has 1 atom stereocenters. The maximum Gasteiger partial charge on any atom is 0.416 e. The molecule has 0 saturated heterocycles. The van der Waals surface area contributed by atoms with Gasteiger partial charge in [0.1, 0.15) is 0 Å². The van der Waals surface area contributed by atoms with Crippen molar-refractivity contribution in [3.8, 4) is 0 Å². The normalized spacial score (nSPS) is 16.9. The second-order valence-electron chi connectivity index (χ2n) is 5.36. The number of hydrogen-bond donors (Lipinski definition) is 2. The summed E-state index contributed by atoms with van der Waals surface area (Å²) in [6, 6.07) is 2.96. The van der Waals surface area contributed by atoms with Crippen LogP contribution in [0.15, 0.2) is 18.2 Å². The summed E-state index contributed by atoms with van der Waals surface area (Å²) in [5, 5.41) is 2.58. The highest BCUT2D eigenvalue weighted by Gasteiger charge is 2.33. The van der Waals surface area contributed by atoms with Crippen molar-refractivity contribution in [1.82, 2.24) is 4.90 Å². The minimum atomic E-state index is -4.45. The molecule has 1 aliphatic carbocycles. The number of anilines is 2. The van der Waals surface area contributed by atoms with Crippen LogP contribution in [0.5, 0.6) is 0 Å². The fourth-order valence-corrected chi connectivity index (χ4v) is 2.07. The SMILES string of the molecule is CC(C(=O)Nc1ccc(C(F)(F)F)cc1N)N(C)C1CC1. The molecule has 0 aliphatic heterocycles. The number of likely N-dealkylation sites (N-methyl/N-ethyl adjacent to an activating group) is 1. The number of hydrogen-bond acceptors (Lipinski definition) is 3. The second kappa shape index (κ2) is 5.55. The van der Waals surface area contributed by atoms with Crippen molar-refractivity contribution in [3.05, 3.63) is 23.8 Å². The number of carbonyl (C=O) groups excluding carboxylic acids is 1. The van der Waals surface area contributed by atoms with Crippen LogP contribution < -0.4 is 11.1 Å². The Morgan fingerprint density at radius 1 is 1.43 bits per heavy atom. The predicted molar refractivity (Wildman–Crippen MR) is 74.7 cm³/mol. The molecule has 1 aromatic carbocycles. The molecule has 1 amide bonds. The molecule has 2 rings (SSSR count). The number of nitrogens with zero attached hydrogens (tertiary/aromatic N) is 1. The topological polar surface area (TPSA) is 58.4 Å². The standard InChI is InChI=1S/C14H18F3N3O/c1-8(20(2)10-4-5-10)13(21)19-12-6-3-9(7-11(12)18)14(15,16)17/h3,6-8,10H,4-5,18H2,1-2H3,(H,19,21). The molecular formula is C14H18F3N3O. The van der Waals surface area contributed by atoms with Crippen LogP contribution in [0.2, 0.25) is 0 Å². The number of nitrogens with one attached hydrogen (secondary N) is 1. The molecule has 7 heteroatoms. The molecule has 1 unspecified atom stereocenters. The minimum absolute atomic E-state index is 0.0977. The molecule has 116 valence electrons. The van der Waals surface area contributed by atoms with Crippen LogP contribution in [-0.2, 0) is 11.0 Å². The summed E-state index contributed by atoms with van der Waals surface area (Å²) in [7, 11) is 1.86. The Morgan fingerprint density at radius 2 is 2.05 bits per heavy atom. The van der Waals surface area contributed by atoms with E-state index in [4.69, 9.17) is 5.73 Å². The van der Waals surface area contributed by atoms with Gasteiger partial charge in [0.2, 0.25) is 5.91 Å². The zero-order valence-electron chi connectivity index (χ0n) is 11.9. The summed E-state index contributed by atoms with van der Waals surface area (Å²) in [6.45, 7) is 1.76. The number of amides is 1. The third-order valence-electron chi connectivity index (χ3n) is 3.75. The molecule has 3 N–H and O–H groups in total. The highest BCUT2D eigenvalue weighted by molar-refractivity contribution is 5.97. The summed E-state index contributed by atoms with van der Waals surface area (Å²) >= 11 is 0. The van der Waals surface area contributed by atoms with Gasteiger partial charge in [-0.05, 0) is 45.0 Å². The van der Waals surface area contributed by atoms with Gasteiger partial charge in [-0.2, -0.15) is 13.2 Å². The average Bonchev–Trinajstić information content (AvgIpc) is 3.22. The van der Waals surface area contributed by atoms with Crippen LogP contribution in [0, 0.1) is 0 Å². The van der Waals surface area contributed by atoms with Gasteiger partial charge in [0, 0.05) is 6.04 Å². The van der Waals surface area contributed by atoms with Gasteiger partial charge in [-0.3, -0.25) is 9.69 Å². The van der Waals surface area contributed by atoms with Crippen LogP contribution in [0.3, 0.4) is 0 Å². The number of benzene rings is 1. The van der Waals surface area contributed by atoms with Crippen LogP contribution >= 0.6 is 0 Å². The quantitative estimate of drug-likeness (QED) is 0.841. The van der Waals surface area contributed by atoms with Crippen molar-refractivity contribution in [2.45, 2.75) is 38.0 Å². The van der Waals surface area contributed by atoms with Gasteiger partial charge in [-0.1, -0.05) is 0 Å². The minimum Gasteiger partial charge on any atom is -0.397 e. The van der Waals surface area contributed by atoms with Gasteiger partial charge in [0.25, 0.3) is 0 Å². The summed E-state index contributed by atoms with van der Waals surface area (Å²) in [5.74, 6) is -0.282. The molecule has 1 fully saturated rings. The number of nitrogens with two attached hydrogens (primary N) is 1. The summed E-state index contributed by atoms with van der Waals surface area (Å²) in [5.41, 5.74) is 4.85. The fraction of sp³-hybridized carbons (Fsp3) is 0.500. The fourth-order valence-electron chi connectivity index (χ4n) is 2.07. The smallest absolute Gasteiger partial charge is 0.397 e. The lowest BCUT2D eigenvalue weighted by Crippen LogP contribution is -2.40. The molecule has 1 aromatic rings. The van der Waals surface area contributed by atoms with Crippen LogP contribution in [-0.4, -0.2) is 29.9 Å². The monoisotopic (exact) mass is 301 g/mol. The van der Waals surface area contributed by atoms with Crippen molar-refractivity contribution < 1.29 is 18.0 Å². The summed E-state index contributed by atoms with van der Waals surface area (Å²) < 4.78 is 37.6. The molecule has 1 saturated carbocycles. The number of halogens is 3. The van der Waals surface area contributed by atoms with E-state index in [2.05, 4.69) is 5.32 Å². The van der Waals surface area contributed by atoms with E-state index in [0.29, 0.717) is 6.04 Å². The second-order valence-corrected chi connectivity index (χ2v) is 5.36. The van der Waals surface area contributed by atoms with E-state index in [1.54, 1.807) is 6.92 Å². The van der Waals surface area contributed by atoms with Crippen LogP contribution in [0.4, 0.5) is 24.5 Å². The Bertz CT molecular complexity index is 541. The Kier molecular flexibility index (Phi) is 4.13. The summed E-state index contributed by atoms with van der Waals surface area (Å²) in [4.78, 5) is 14.0. The molecule has 0 radical (unpaired) electrons. The molecule has 0 aromatic heterocycles. The molecule has 0 bridgehead atoms. The van der Waals surface area contributed by atoms with Crippen molar-refractivity contribution in [2.75, 3.05) is 18.1 Å². The molecule has 1 aliphatic rings.